The van der Waals surface area contributed by atoms with Gasteiger partial charge in [0.15, 0.2) is 5.76 Å². The van der Waals surface area contributed by atoms with Crippen LogP contribution in [0.5, 0.6) is 0 Å². The lowest BCUT2D eigenvalue weighted by Crippen LogP contribution is -2.30. The molecule has 0 aliphatic carbocycles. The first kappa shape index (κ1) is 13.9. The van der Waals surface area contributed by atoms with Crippen molar-refractivity contribution in [2.45, 2.75) is 38.6 Å². The van der Waals surface area contributed by atoms with Gasteiger partial charge in [0.2, 0.25) is 5.91 Å². The van der Waals surface area contributed by atoms with Gasteiger partial charge in [0.25, 0.3) is 0 Å². The Morgan fingerprint density at radius 2 is 2.19 bits per heavy atom. The molecule has 1 aliphatic heterocycles. The summed E-state index contributed by atoms with van der Waals surface area (Å²) in [5.41, 5.74) is 2.07. The summed E-state index contributed by atoms with van der Waals surface area (Å²) in [6, 6.07) is 12.1. The molecule has 3 rings (SSSR count). The average Bonchev–Trinajstić information content (AvgIpc) is 3.14. The van der Waals surface area contributed by atoms with Crippen LogP contribution in [-0.4, -0.2) is 22.5 Å². The van der Waals surface area contributed by atoms with Gasteiger partial charge in [0.05, 0.1) is 11.7 Å². The van der Waals surface area contributed by atoms with E-state index in [0.717, 1.165) is 37.3 Å². The summed E-state index contributed by atoms with van der Waals surface area (Å²) in [4.78, 5) is 14.4. The number of aromatic nitrogens is 1. The molecule has 21 heavy (non-hydrogen) atoms. The Morgan fingerprint density at radius 1 is 1.38 bits per heavy atom. The lowest BCUT2D eigenvalue weighted by atomic mass is 10.1. The molecule has 1 saturated heterocycles. The molecule has 4 heteroatoms. The molecule has 1 aromatic heterocycles. The smallest absolute Gasteiger partial charge is 0.223 e. The third-order valence-corrected chi connectivity index (χ3v) is 4.02. The van der Waals surface area contributed by atoms with Crippen molar-refractivity contribution in [1.82, 2.24) is 10.1 Å². The number of hydrogen-bond acceptors (Lipinski definition) is 3. The minimum absolute atomic E-state index is 0.0643. The van der Waals surface area contributed by atoms with Crippen molar-refractivity contribution in [3.8, 4) is 0 Å². The predicted molar refractivity (Wildman–Crippen MR) is 79.7 cm³/mol. The molecule has 1 fully saturated rings. The van der Waals surface area contributed by atoms with E-state index in [0.29, 0.717) is 6.42 Å². The highest BCUT2D eigenvalue weighted by molar-refractivity contribution is 5.77. The first-order valence-electron chi connectivity index (χ1n) is 7.50. The zero-order valence-electron chi connectivity index (χ0n) is 12.3. The van der Waals surface area contributed by atoms with Gasteiger partial charge in [-0.25, -0.2) is 0 Å². The van der Waals surface area contributed by atoms with Gasteiger partial charge in [-0.2, -0.15) is 0 Å². The van der Waals surface area contributed by atoms with E-state index in [-0.39, 0.29) is 11.9 Å². The molecule has 1 amide bonds. The summed E-state index contributed by atoms with van der Waals surface area (Å²) in [6.07, 6.45) is 3.33. The Hall–Kier alpha value is -2.10. The van der Waals surface area contributed by atoms with Crippen LogP contribution in [0, 0.1) is 6.92 Å². The van der Waals surface area contributed by atoms with Crippen molar-refractivity contribution < 1.29 is 9.32 Å². The lowest BCUT2D eigenvalue weighted by molar-refractivity contribution is -0.132. The molecule has 2 heterocycles. The molecule has 0 N–H and O–H groups in total. The quantitative estimate of drug-likeness (QED) is 0.865. The standard InChI is InChI=1S/C17H20N2O2/c1-13-12-16(21-18-13)15-8-5-11-19(15)17(20)10-9-14-6-3-2-4-7-14/h2-4,6-7,12,15H,5,8-11H2,1H3. The Labute approximate surface area is 124 Å². The molecule has 110 valence electrons. The van der Waals surface area contributed by atoms with Crippen molar-refractivity contribution in [2.75, 3.05) is 6.54 Å². The van der Waals surface area contributed by atoms with E-state index in [9.17, 15) is 4.79 Å². The first-order chi connectivity index (χ1) is 10.2. The number of carbonyl (C=O) groups is 1. The highest BCUT2D eigenvalue weighted by Crippen LogP contribution is 2.32. The van der Waals surface area contributed by atoms with E-state index >= 15 is 0 Å². The van der Waals surface area contributed by atoms with Gasteiger partial charge in [-0.1, -0.05) is 35.5 Å². The number of nitrogens with zero attached hydrogens (tertiary/aromatic N) is 2. The SMILES string of the molecule is Cc1cc(C2CCCN2C(=O)CCc2ccccc2)on1. The largest absolute Gasteiger partial charge is 0.359 e. The fourth-order valence-electron chi connectivity index (χ4n) is 2.94. The van der Waals surface area contributed by atoms with Crippen LogP contribution >= 0.6 is 0 Å². The van der Waals surface area contributed by atoms with Crippen molar-refractivity contribution >= 4 is 5.91 Å². The molecule has 2 aromatic rings. The van der Waals surface area contributed by atoms with Crippen LogP contribution in [-0.2, 0) is 11.2 Å². The number of aryl methyl sites for hydroxylation is 2. The van der Waals surface area contributed by atoms with Gasteiger partial charge < -0.3 is 9.42 Å². The van der Waals surface area contributed by atoms with Gasteiger partial charge in [-0.3, -0.25) is 4.79 Å². The van der Waals surface area contributed by atoms with Crippen LogP contribution in [0.25, 0.3) is 0 Å². The molecule has 1 unspecified atom stereocenters. The normalized spacial score (nSPS) is 18.1. The number of benzene rings is 1. The molecule has 0 spiro atoms. The Morgan fingerprint density at radius 3 is 2.90 bits per heavy atom. The summed E-state index contributed by atoms with van der Waals surface area (Å²) in [6.45, 7) is 2.72. The molecule has 1 aromatic carbocycles. The fourth-order valence-corrected chi connectivity index (χ4v) is 2.94. The Bertz CT molecular complexity index is 606. The second-order valence-electron chi connectivity index (χ2n) is 5.60. The van der Waals surface area contributed by atoms with E-state index in [1.54, 1.807) is 0 Å². The third kappa shape index (κ3) is 3.15. The van der Waals surface area contributed by atoms with E-state index in [4.69, 9.17) is 4.52 Å². The average molecular weight is 284 g/mol. The minimum Gasteiger partial charge on any atom is -0.359 e. The zero-order valence-corrected chi connectivity index (χ0v) is 12.3. The van der Waals surface area contributed by atoms with Crippen molar-refractivity contribution in [2.24, 2.45) is 0 Å². The second-order valence-corrected chi connectivity index (χ2v) is 5.60. The molecular weight excluding hydrogens is 264 g/mol. The van der Waals surface area contributed by atoms with Gasteiger partial charge in [-0.05, 0) is 31.7 Å². The van der Waals surface area contributed by atoms with Crippen LogP contribution in [0.15, 0.2) is 40.9 Å². The maximum absolute atomic E-state index is 12.5. The first-order valence-corrected chi connectivity index (χ1v) is 7.50. The van der Waals surface area contributed by atoms with Crippen molar-refractivity contribution in [3.63, 3.8) is 0 Å². The molecule has 0 saturated carbocycles. The van der Waals surface area contributed by atoms with Crippen LogP contribution in [0.1, 0.15) is 42.3 Å². The Balaban J connectivity index is 1.63. The van der Waals surface area contributed by atoms with Gasteiger partial charge >= 0.3 is 0 Å². The number of carbonyl (C=O) groups excluding carboxylic acids is 1. The number of amides is 1. The molecular formula is C17H20N2O2. The molecule has 0 bridgehead atoms. The van der Waals surface area contributed by atoms with Crippen LogP contribution in [0.4, 0.5) is 0 Å². The summed E-state index contributed by atoms with van der Waals surface area (Å²) in [5, 5.41) is 3.94. The fraction of sp³-hybridized carbons (Fsp3) is 0.412. The number of likely N-dealkylation sites (tertiary alicyclic amines) is 1. The van der Waals surface area contributed by atoms with E-state index in [1.165, 1.54) is 5.56 Å². The second kappa shape index (κ2) is 6.12. The topological polar surface area (TPSA) is 46.3 Å². The van der Waals surface area contributed by atoms with E-state index in [2.05, 4.69) is 17.3 Å². The van der Waals surface area contributed by atoms with Gasteiger partial charge in [0.1, 0.15) is 0 Å². The van der Waals surface area contributed by atoms with E-state index < -0.39 is 0 Å². The third-order valence-electron chi connectivity index (χ3n) is 4.02. The van der Waals surface area contributed by atoms with Crippen molar-refractivity contribution in [3.05, 3.63) is 53.4 Å². The minimum atomic E-state index is 0.0643. The highest BCUT2D eigenvalue weighted by Gasteiger charge is 2.32. The van der Waals surface area contributed by atoms with Crippen LogP contribution in [0.3, 0.4) is 0 Å². The van der Waals surface area contributed by atoms with Gasteiger partial charge in [0, 0.05) is 19.0 Å². The maximum Gasteiger partial charge on any atom is 0.223 e. The van der Waals surface area contributed by atoms with Crippen LogP contribution in [0.2, 0.25) is 0 Å². The molecule has 0 radical (unpaired) electrons. The summed E-state index contributed by atoms with van der Waals surface area (Å²) >= 11 is 0. The summed E-state index contributed by atoms with van der Waals surface area (Å²) in [5.74, 6) is 1.02. The molecule has 1 atom stereocenters. The lowest BCUT2D eigenvalue weighted by Gasteiger charge is -2.22. The maximum atomic E-state index is 12.5. The molecule has 1 aliphatic rings. The highest BCUT2D eigenvalue weighted by atomic mass is 16.5. The number of rotatable bonds is 4. The predicted octanol–water partition coefficient (Wildman–Crippen LogP) is 3.28. The van der Waals surface area contributed by atoms with Crippen LogP contribution < -0.4 is 0 Å². The summed E-state index contributed by atoms with van der Waals surface area (Å²) in [7, 11) is 0. The zero-order chi connectivity index (χ0) is 14.7. The molecule has 4 nitrogen and oxygen atoms in total. The number of hydrogen-bond donors (Lipinski definition) is 0. The summed E-state index contributed by atoms with van der Waals surface area (Å²) < 4.78 is 5.35. The van der Waals surface area contributed by atoms with E-state index in [1.807, 2.05) is 36.1 Å². The Kier molecular flexibility index (Phi) is 4.04. The van der Waals surface area contributed by atoms with Crippen molar-refractivity contribution in [1.29, 1.82) is 0 Å². The van der Waals surface area contributed by atoms with Gasteiger partial charge in [-0.15, -0.1) is 0 Å². The monoisotopic (exact) mass is 284 g/mol.